The van der Waals surface area contributed by atoms with Crippen molar-refractivity contribution in [2.45, 2.75) is 26.1 Å². The summed E-state index contributed by atoms with van der Waals surface area (Å²) in [5, 5.41) is 12.2. The van der Waals surface area contributed by atoms with Crippen molar-refractivity contribution in [3.8, 4) is 0 Å². The van der Waals surface area contributed by atoms with Crippen molar-refractivity contribution in [3.05, 3.63) is 83.9 Å². The topological polar surface area (TPSA) is 85.2 Å². The number of carbonyl (C=O) groups excluding carboxylic acids is 2. The van der Waals surface area contributed by atoms with Crippen LogP contribution in [0.25, 0.3) is 10.8 Å². The van der Waals surface area contributed by atoms with E-state index in [1.807, 2.05) is 66.7 Å². The van der Waals surface area contributed by atoms with Crippen LogP contribution >= 0.6 is 0 Å². The number of hydrogen-bond acceptors (Lipinski definition) is 5. The third kappa shape index (κ3) is 5.75. The summed E-state index contributed by atoms with van der Waals surface area (Å²) in [6.45, 7) is 1.88. The van der Waals surface area contributed by atoms with Gasteiger partial charge in [0.1, 0.15) is 6.61 Å². The number of nitrogens with zero attached hydrogens (tertiary/aromatic N) is 1. The molecule has 0 aliphatic heterocycles. The second-order valence-electron chi connectivity index (χ2n) is 6.63. The van der Waals surface area contributed by atoms with E-state index in [-0.39, 0.29) is 25.3 Å². The third-order valence-corrected chi connectivity index (χ3v) is 4.46. The molecule has 154 valence electrons. The van der Waals surface area contributed by atoms with E-state index >= 15 is 0 Å². The molecular formula is C24H23NO5. The molecule has 1 N–H and O–H groups in total. The van der Waals surface area contributed by atoms with Gasteiger partial charge in [-0.15, -0.1) is 0 Å². The molecule has 0 aliphatic rings. The zero-order chi connectivity index (χ0) is 21.3. The van der Waals surface area contributed by atoms with E-state index in [0.29, 0.717) is 5.56 Å². The third-order valence-electron chi connectivity index (χ3n) is 4.46. The van der Waals surface area contributed by atoms with Gasteiger partial charge < -0.3 is 14.6 Å². The van der Waals surface area contributed by atoms with Crippen molar-refractivity contribution < 1.29 is 24.2 Å². The summed E-state index contributed by atoms with van der Waals surface area (Å²) < 4.78 is 10.1. The first-order chi connectivity index (χ1) is 14.6. The van der Waals surface area contributed by atoms with Crippen molar-refractivity contribution in [1.82, 2.24) is 0 Å². The Labute approximate surface area is 174 Å². The lowest BCUT2D eigenvalue weighted by Crippen LogP contribution is -2.27. The van der Waals surface area contributed by atoms with E-state index < -0.39 is 18.2 Å². The molecule has 0 fully saturated rings. The Morgan fingerprint density at radius 3 is 2.37 bits per heavy atom. The van der Waals surface area contributed by atoms with Crippen molar-refractivity contribution in [3.63, 3.8) is 0 Å². The predicted octanol–water partition coefficient (Wildman–Crippen LogP) is 4.28. The molecule has 3 aromatic rings. The van der Waals surface area contributed by atoms with Crippen LogP contribution in [0.3, 0.4) is 0 Å². The van der Waals surface area contributed by atoms with E-state index in [1.165, 1.54) is 0 Å². The molecule has 1 atom stereocenters. The number of carbonyl (C=O) groups is 2. The number of fused-ring (bicyclic) bond motifs is 1. The quantitative estimate of drug-likeness (QED) is 0.468. The standard InChI is InChI=1S/C24H23NO5/c1-2-29-23(27)22(26)15-21(20-13-12-18-10-6-7-11-19(18)14-20)25-24(28)30-16-17-8-4-3-5-9-17/h3-14,22,26H,2,15-16H2,1H3/b25-21-/t22-/m0/s1. The number of aliphatic hydroxyl groups is 1. The fraction of sp³-hybridized carbons (Fsp3) is 0.208. The van der Waals surface area contributed by atoms with Crippen molar-refractivity contribution >= 4 is 28.5 Å². The minimum Gasteiger partial charge on any atom is -0.464 e. The highest BCUT2D eigenvalue weighted by Crippen LogP contribution is 2.18. The molecule has 0 bridgehead atoms. The molecule has 0 aliphatic carbocycles. The maximum absolute atomic E-state index is 12.3. The monoisotopic (exact) mass is 405 g/mol. The van der Waals surface area contributed by atoms with Crippen molar-refractivity contribution in [2.75, 3.05) is 6.61 Å². The van der Waals surface area contributed by atoms with Gasteiger partial charge in [0, 0.05) is 6.42 Å². The average Bonchev–Trinajstić information content (AvgIpc) is 2.77. The second kappa shape index (κ2) is 10.3. The van der Waals surface area contributed by atoms with Crippen LogP contribution in [0.2, 0.25) is 0 Å². The van der Waals surface area contributed by atoms with E-state index in [1.54, 1.807) is 13.0 Å². The molecule has 0 unspecified atom stereocenters. The fourth-order valence-corrected chi connectivity index (χ4v) is 2.96. The van der Waals surface area contributed by atoms with Crippen LogP contribution in [0.15, 0.2) is 77.8 Å². The number of benzene rings is 3. The highest BCUT2D eigenvalue weighted by Gasteiger charge is 2.21. The second-order valence-corrected chi connectivity index (χ2v) is 6.63. The Kier molecular flexibility index (Phi) is 7.29. The van der Waals surface area contributed by atoms with Gasteiger partial charge in [-0.05, 0) is 34.9 Å². The van der Waals surface area contributed by atoms with Gasteiger partial charge in [0.15, 0.2) is 6.10 Å². The summed E-state index contributed by atoms with van der Waals surface area (Å²) in [6, 6.07) is 22.5. The summed E-state index contributed by atoms with van der Waals surface area (Å²) in [4.78, 5) is 28.2. The smallest absolute Gasteiger partial charge is 0.434 e. The maximum atomic E-state index is 12.3. The van der Waals surface area contributed by atoms with Crippen LogP contribution < -0.4 is 0 Å². The molecule has 0 aromatic heterocycles. The molecule has 0 saturated carbocycles. The van der Waals surface area contributed by atoms with Crippen LogP contribution in [0.4, 0.5) is 4.79 Å². The molecule has 30 heavy (non-hydrogen) atoms. The molecule has 0 saturated heterocycles. The van der Waals surface area contributed by atoms with Gasteiger partial charge in [0.05, 0.1) is 12.3 Å². The summed E-state index contributed by atoms with van der Waals surface area (Å²) in [5.41, 5.74) is 1.70. The SMILES string of the molecule is CCOC(=O)[C@@H](O)C/C(=N/C(=O)OCc1ccccc1)c1ccc2ccccc2c1. The van der Waals surface area contributed by atoms with Gasteiger partial charge in [-0.1, -0.05) is 66.7 Å². The van der Waals surface area contributed by atoms with Gasteiger partial charge in [0.25, 0.3) is 0 Å². The maximum Gasteiger partial charge on any atom is 0.434 e. The van der Waals surface area contributed by atoms with Gasteiger partial charge in [-0.25, -0.2) is 9.59 Å². The normalized spacial score (nSPS) is 12.4. The zero-order valence-corrected chi connectivity index (χ0v) is 16.7. The summed E-state index contributed by atoms with van der Waals surface area (Å²) >= 11 is 0. The first-order valence-corrected chi connectivity index (χ1v) is 9.69. The van der Waals surface area contributed by atoms with E-state index in [9.17, 15) is 14.7 Å². The van der Waals surface area contributed by atoms with Crippen LogP contribution in [0, 0.1) is 0 Å². The van der Waals surface area contributed by atoms with Crippen LogP contribution in [0.5, 0.6) is 0 Å². The molecule has 0 radical (unpaired) electrons. The number of rotatable bonds is 7. The minimum absolute atomic E-state index is 0.0780. The molecule has 0 spiro atoms. The van der Waals surface area contributed by atoms with Crippen molar-refractivity contribution in [2.24, 2.45) is 4.99 Å². The number of aliphatic hydroxyl groups excluding tert-OH is 1. The molecule has 6 heteroatoms. The lowest BCUT2D eigenvalue weighted by Gasteiger charge is -2.13. The van der Waals surface area contributed by atoms with Crippen LogP contribution in [-0.2, 0) is 20.9 Å². The number of esters is 1. The predicted molar refractivity (Wildman–Crippen MR) is 114 cm³/mol. The Hall–Kier alpha value is -3.51. The van der Waals surface area contributed by atoms with Crippen LogP contribution in [0.1, 0.15) is 24.5 Å². The number of amides is 1. The van der Waals surface area contributed by atoms with E-state index in [0.717, 1.165) is 16.3 Å². The lowest BCUT2D eigenvalue weighted by atomic mass is 10.0. The number of hydrogen-bond donors (Lipinski definition) is 1. The zero-order valence-electron chi connectivity index (χ0n) is 16.7. The summed E-state index contributed by atoms with van der Waals surface area (Å²) in [6.07, 6.45) is -2.40. The Bertz CT molecular complexity index is 1050. The van der Waals surface area contributed by atoms with Crippen LogP contribution in [-0.4, -0.2) is 35.6 Å². The van der Waals surface area contributed by atoms with Gasteiger partial charge in [-0.3, -0.25) is 0 Å². The largest absolute Gasteiger partial charge is 0.464 e. The van der Waals surface area contributed by atoms with E-state index in [4.69, 9.17) is 9.47 Å². The first kappa shape index (κ1) is 21.2. The molecule has 1 amide bonds. The molecule has 0 heterocycles. The lowest BCUT2D eigenvalue weighted by molar-refractivity contribution is -0.152. The average molecular weight is 405 g/mol. The number of ether oxygens (including phenoxy) is 2. The molecular weight excluding hydrogens is 382 g/mol. The van der Waals surface area contributed by atoms with Gasteiger partial charge in [-0.2, -0.15) is 4.99 Å². The first-order valence-electron chi connectivity index (χ1n) is 9.69. The van der Waals surface area contributed by atoms with Crippen molar-refractivity contribution in [1.29, 1.82) is 0 Å². The molecule has 3 rings (SSSR count). The highest BCUT2D eigenvalue weighted by atomic mass is 16.5. The summed E-state index contributed by atoms with van der Waals surface area (Å²) in [7, 11) is 0. The minimum atomic E-state index is -1.43. The van der Waals surface area contributed by atoms with Gasteiger partial charge >= 0.3 is 12.1 Å². The van der Waals surface area contributed by atoms with E-state index in [2.05, 4.69) is 4.99 Å². The van der Waals surface area contributed by atoms with Gasteiger partial charge in [0.2, 0.25) is 0 Å². The fourth-order valence-electron chi connectivity index (χ4n) is 2.96. The Morgan fingerprint density at radius 2 is 1.63 bits per heavy atom. The molecule has 3 aromatic carbocycles. The Balaban J connectivity index is 1.84. The highest BCUT2D eigenvalue weighted by molar-refractivity contribution is 6.08. The molecule has 6 nitrogen and oxygen atoms in total. The number of aliphatic imine (C=N–C) groups is 1. The summed E-state index contributed by atoms with van der Waals surface area (Å²) in [5.74, 6) is -0.761. The Morgan fingerprint density at radius 1 is 0.933 bits per heavy atom.